The predicted molar refractivity (Wildman–Crippen MR) is 56.1 cm³/mol. The second kappa shape index (κ2) is 4.81. The van der Waals surface area contributed by atoms with E-state index in [4.69, 9.17) is 4.84 Å². The number of nitrogens with zero attached hydrogens (tertiary/aromatic N) is 4. The quantitative estimate of drug-likeness (QED) is 0.781. The van der Waals surface area contributed by atoms with Crippen molar-refractivity contribution in [3.63, 3.8) is 0 Å². The van der Waals surface area contributed by atoms with Crippen LogP contribution in [-0.2, 0) is 4.84 Å². The molecule has 0 fully saturated rings. The lowest BCUT2D eigenvalue weighted by Crippen LogP contribution is -2.23. The Kier molecular flexibility index (Phi) is 3.22. The molecule has 0 bridgehead atoms. The first-order chi connectivity index (χ1) is 7.83. The SMILES string of the molecule is CCONC(=O)c1sccc1-n1cnnn1. The number of thiophene rings is 1. The molecule has 0 saturated heterocycles. The lowest BCUT2D eigenvalue weighted by Gasteiger charge is -2.03. The minimum atomic E-state index is -0.303. The first-order valence-electron chi connectivity index (χ1n) is 4.56. The molecule has 8 heteroatoms. The third kappa shape index (κ3) is 2.07. The van der Waals surface area contributed by atoms with E-state index < -0.39 is 0 Å². The maximum atomic E-state index is 11.7. The first-order valence-corrected chi connectivity index (χ1v) is 5.44. The second-order valence-electron chi connectivity index (χ2n) is 2.75. The summed E-state index contributed by atoms with van der Waals surface area (Å²) in [5.41, 5.74) is 2.96. The average Bonchev–Trinajstić information content (AvgIpc) is 2.94. The number of rotatable bonds is 4. The number of carbonyl (C=O) groups excluding carboxylic acids is 1. The molecular formula is C8H9N5O2S. The van der Waals surface area contributed by atoms with Crippen LogP contribution >= 0.6 is 11.3 Å². The van der Waals surface area contributed by atoms with Crippen LogP contribution in [0.3, 0.4) is 0 Å². The van der Waals surface area contributed by atoms with Crippen LogP contribution in [0.4, 0.5) is 0 Å². The highest BCUT2D eigenvalue weighted by atomic mass is 32.1. The first kappa shape index (κ1) is 10.7. The Hall–Kier alpha value is -1.80. The zero-order valence-corrected chi connectivity index (χ0v) is 9.27. The van der Waals surface area contributed by atoms with Gasteiger partial charge < -0.3 is 0 Å². The molecule has 0 spiro atoms. The van der Waals surface area contributed by atoms with Gasteiger partial charge in [0.15, 0.2) is 0 Å². The molecule has 0 unspecified atom stereocenters. The molecule has 2 aromatic heterocycles. The number of hydrogen-bond acceptors (Lipinski definition) is 6. The molecule has 0 aliphatic heterocycles. The Bertz CT molecular complexity index is 466. The number of amides is 1. The number of tetrazole rings is 1. The predicted octanol–water partition coefficient (Wildman–Crippen LogP) is 0.405. The van der Waals surface area contributed by atoms with E-state index in [2.05, 4.69) is 21.0 Å². The van der Waals surface area contributed by atoms with Gasteiger partial charge in [0.25, 0.3) is 5.91 Å². The van der Waals surface area contributed by atoms with E-state index in [0.29, 0.717) is 17.2 Å². The number of nitrogens with one attached hydrogen (secondary N) is 1. The standard InChI is InChI=1S/C8H9N5O2S/c1-2-15-10-8(14)7-6(3-4-16-7)13-5-9-11-12-13/h3-5H,2H2,1H3,(H,10,14). The Balaban J connectivity index is 2.23. The fourth-order valence-corrected chi connectivity index (χ4v) is 1.87. The highest BCUT2D eigenvalue weighted by Gasteiger charge is 2.15. The molecule has 7 nitrogen and oxygen atoms in total. The highest BCUT2D eigenvalue weighted by molar-refractivity contribution is 7.12. The fraction of sp³-hybridized carbons (Fsp3) is 0.250. The van der Waals surface area contributed by atoms with Gasteiger partial charge in [-0.15, -0.1) is 16.4 Å². The molecule has 0 saturated carbocycles. The van der Waals surface area contributed by atoms with Gasteiger partial charge in [0.05, 0.1) is 12.3 Å². The van der Waals surface area contributed by atoms with Crippen molar-refractivity contribution in [2.45, 2.75) is 6.92 Å². The summed E-state index contributed by atoms with van der Waals surface area (Å²) in [6.45, 7) is 2.20. The molecule has 1 N–H and O–H groups in total. The summed E-state index contributed by atoms with van der Waals surface area (Å²) in [6, 6.07) is 1.77. The molecule has 84 valence electrons. The van der Waals surface area contributed by atoms with Gasteiger partial charge in [-0.05, 0) is 28.8 Å². The summed E-state index contributed by atoms with van der Waals surface area (Å²) in [5, 5.41) is 12.5. The molecule has 2 heterocycles. The lowest BCUT2D eigenvalue weighted by molar-refractivity contribution is 0.0368. The van der Waals surface area contributed by atoms with Gasteiger partial charge in [-0.25, -0.2) is 5.48 Å². The van der Waals surface area contributed by atoms with Crippen molar-refractivity contribution in [3.8, 4) is 5.69 Å². The van der Waals surface area contributed by atoms with Gasteiger partial charge in [0.1, 0.15) is 11.2 Å². The summed E-state index contributed by atoms with van der Waals surface area (Å²) < 4.78 is 1.43. The molecule has 2 rings (SSSR count). The molecule has 0 radical (unpaired) electrons. The normalized spacial score (nSPS) is 10.3. The number of hydrogen-bond donors (Lipinski definition) is 1. The largest absolute Gasteiger partial charge is 0.287 e. The van der Waals surface area contributed by atoms with Gasteiger partial charge >= 0.3 is 0 Å². The number of carbonyl (C=O) groups is 1. The van der Waals surface area contributed by atoms with E-state index in [-0.39, 0.29) is 5.91 Å². The van der Waals surface area contributed by atoms with Crippen LogP contribution in [0.25, 0.3) is 5.69 Å². The lowest BCUT2D eigenvalue weighted by atomic mass is 10.4. The van der Waals surface area contributed by atoms with Crippen LogP contribution in [0.1, 0.15) is 16.6 Å². The molecule has 2 aromatic rings. The Labute approximate surface area is 95.0 Å². The summed E-state index contributed by atoms with van der Waals surface area (Å²) in [5.74, 6) is -0.303. The van der Waals surface area contributed by atoms with Gasteiger partial charge in [0.2, 0.25) is 0 Å². The zero-order valence-electron chi connectivity index (χ0n) is 8.45. The minimum absolute atomic E-state index is 0.303. The zero-order chi connectivity index (χ0) is 11.4. The summed E-state index contributed by atoms with van der Waals surface area (Å²) in [7, 11) is 0. The van der Waals surface area contributed by atoms with Crippen LogP contribution in [0.15, 0.2) is 17.8 Å². The third-order valence-corrected chi connectivity index (χ3v) is 2.66. The Morgan fingerprint density at radius 1 is 1.69 bits per heavy atom. The fourth-order valence-electron chi connectivity index (χ4n) is 1.11. The molecular weight excluding hydrogens is 230 g/mol. The highest BCUT2D eigenvalue weighted by Crippen LogP contribution is 2.19. The molecule has 0 aliphatic carbocycles. The van der Waals surface area contributed by atoms with Crippen molar-refractivity contribution < 1.29 is 9.63 Å². The van der Waals surface area contributed by atoms with Gasteiger partial charge in [-0.3, -0.25) is 9.63 Å². The summed E-state index contributed by atoms with van der Waals surface area (Å²) in [4.78, 5) is 17.0. The number of hydroxylamine groups is 1. The van der Waals surface area contributed by atoms with Crippen molar-refractivity contribution in [2.24, 2.45) is 0 Å². The summed E-state index contributed by atoms with van der Waals surface area (Å²) >= 11 is 1.30. The smallest absolute Gasteiger partial charge is 0.274 e. The number of aromatic nitrogens is 4. The van der Waals surface area contributed by atoms with Crippen molar-refractivity contribution in [2.75, 3.05) is 6.61 Å². The molecule has 0 atom stereocenters. The van der Waals surface area contributed by atoms with Crippen LogP contribution in [-0.4, -0.2) is 32.7 Å². The Morgan fingerprint density at radius 2 is 2.56 bits per heavy atom. The monoisotopic (exact) mass is 239 g/mol. The van der Waals surface area contributed by atoms with E-state index in [1.54, 1.807) is 18.4 Å². The van der Waals surface area contributed by atoms with E-state index >= 15 is 0 Å². The molecule has 0 aromatic carbocycles. The third-order valence-electron chi connectivity index (χ3n) is 1.76. The molecule has 0 aliphatic rings. The average molecular weight is 239 g/mol. The van der Waals surface area contributed by atoms with Crippen LogP contribution in [0.5, 0.6) is 0 Å². The van der Waals surface area contributed by atoms with E-state index in [0.717, 1.165) is 0 Å². The maximum absolute atomic E-state index is 11.7. The van der Waals surface area contributed by atoms with Crippen LogP contribution < -0.4 is 5.48 Å². The van der Waals surface area contributed by atoms with Gasteiger partial charge in [0, 0.05) is 0 Å². The molecule has 1 amide bonds. The van der Waals surface area contributed by atoms with E-state index in [1.165, 1.54) is 22.3 Å². The van der Waals surface area contributed by atoms with Crippen LogP contribution in [0.2, 0.25) is 0 Å². The topological polar surface area (TPSA) is 81.9 Å². The van der Waals surface area contributed by atoms with Crippen molar-refractivity contribution in [3.05, 3.63) is 22.7 Å². The van der Waals surface area contributed by atoms with Gasteiger partial charge in [-0.2, -0.15) is 4.68 Å². The van der Waals surface area contributed by atoms with E-state index in [9.17, 15) is 4.79 Å². The maximum Gasteiger partial charge on any atom is 0.287 e. The van der Waals surface area contributed by atoms with Gasteiger partial charge in [-0.1, -0.05) is 0 Å². The summed E-state index contributed by atoms with van der Waals surface area (Å²) in [6.07, 6.45) is 1.43. The van der Waals surface area contributed by atoms with Crippen molar-refractivity contribution >= 4 is 17.2 Å². The Morgan fingerprint density at radius 3 is 3.25 bits per heavy atom. The van der Waals surface area contributed by atoms with Crippen LogP contribution in [0, 0.1) is 0 Å². The van der Waals surface area contributed by atoms with Crippen molar-refractivity contribution in [1.29, 1.82) is 0 Å². The second-order valence-corrected chi connectivity index (χ2v) is 3.67. The minimum Gasteiger partial charge on any atom is -0.274 e. The van der Waals surface area contributed by atoms with Crippen molar-refractivity contribution in [1.82, 2.24) is 25.7 Å². The van der Waals surface area contributed by atoms with E-state index in [1.807, 2.05) is 0 Å². The molecule has 16 heavy (non-hydrogen) atoms.